The quantitative estimate of drug-likeness (QED) is 0.673. The third-order valence-corrected chi connectivity index (χ3v) is 1.78. The average molecular weight is 175 g/mol. The van der Waals surface area contributed by atoms with Crippen LogP contribution in [0.15, 0.2) is 24.4 Å². The van der Waals surface area contributed by atoms with Crippen LogP contribution < -0.4 is 5.32 Å². The lowest BCUT2D eigenvalue weighted by atomic mass is 10.3. The molecular weight excluding hydrogens is 161 g/mol. The first-order valence-corrected chi connectivity index (χ1v) is 4.47. The Morgan fingerprint density at radius 1 is 1.54 bits per heavy atom. The number of nitrogens with zero attached hydrogens (tertiary/aromatic N) is 2. The number of hydrogen-bond acceptors (Lipinski definition) is 3. The van der Waals surface area contributed by atoms with E-state index in [4.69, 9.17) is 7.98 Å². The Labute approximate surface area is 80.6 Å². The number of rotatable bonds is 5. The highest BCUT2D eigenvalue weighted by molar-refractivity contribution is 6.04. The molecule has 3 nitrogen and oxygen atoms in total. The van der Waals surface area contributed by atoms with Gasteiger partial charge in [0.1, 0.15) is 5.82 Å². The van der Waals surface area contributed by atoms with Crippen molar-refractivity contribution >= 4 is 13.8 Å². The van der Waals surface area contributed by atoms with Crippen LogP contribution in [-0.2, 0) is 0 Å². The van der Waals surface area contributed by atoms with Gasteiger partial charge in [-0.2, -0.15) is 0 Å². The zero-order valence-corrected chi connectivity index (χ0v) is 7.90. The lowest BCUT2D eigenvalue weighted by Crippen LogP contribution is -2.26. The van der Waals surface area contributed by atoms with E-state index in [0.717, 1.165) is 25.5 Å². The number of likely N-dealkylation sites (N-methyl/N-ethyl adjacent to an activating group) is 1. The second-order valence-electron chi connectivity index (χ2n) is 2.77. The van der Waals surface area contributed by atoms with Crippen LogP contribution in [-0.4, -0.2) is 37.4 Å². The molecule has 2 radical (unpaired) electrons. The molecule has 0 amide bonds. The van der Waals surface area contributed by atoms with Crippen LogP contribution in [0.3, 0.4) is 0 Å². The Kier molecular flexibility index (Phi) is 4.33. The van der Waals surface area contributed by atoms with Crippen LogP contribution in [0, 0.1) is 0 Å². The van der Waals surface area contributed by atoms with Gasteiger partial charge in [-0.15, -0.1) is 0 Å². The Bertz CT molecular complexity index is 228. The van der Waals surface area contributed by atoms with Crippen molar-refractivity contribution in [3.63, 3.8) is 0 Å². The van der Waals surface area contributed by atoms with Crippen LogP contribution in [0.2, 0.25) is 0 Å². The van der Waals surface area contributed by atoms with Crippen molar-refractivity contribution in [2.75, 3.05) is 25.0 Å². The molecule has 1 heterocycles. The summed E-state index contributed by atoms with van der Waals surface area (Å²) in [6, 6.07) is 5.79. The lowest BCUT2D eigenvalue weighted by molar-refractivity contribution is 0.495. The van der Waals surface area contributed by atoms with Crippen LogP contribution in [0.1, 0.15) is 6.92 Å². The van der Waals surface area contributed by atoms with E-state index < -0.39 is 0 Å². The van der Waals surface area contributed by atoms with Crippen LogP contribution in [0.25, 0.3) is 0 Å². The second kappa shape index (κ2) is 5.59. The summed E-state index contributed by atoms with van der Waals surface area (Å²) in [6.07, 6.45) is 1.77. The van der Waals surface area contributed by atoms with E-state index in [1.54, 1.807) is 11.0 Å². The molecule has 0 fully saturated rings. The summed E-state index contributed by atoms with van der Waals surface area (Å²) in [5.74, 6) is 0.895. The molecule has 0 unspecified atom stereocenters. The van der Waals surface area contributed by atoms with Crippen molar-refractivity contribution in [1.29, 1.82) is 0 Å². The normalized spacial score (nSPS) is 10.3. The van der Waals surface area contributed by atoms with E-state index in [2.05, 4.69) is 10.3 Å². The molecule has 1 rings (SSSR count). The maximum absolute atomic E-state index is 5.61. The largest absolute Gasteiger partial charge is 0.369 e. The molecule has 0 atom stereocenters. The highest BCUT2D eigenvalue weighted by atomic mass is 15.1. The summed E-state index contributed by atoms with van der Waals surface area (Å²) in [4.78, 5) is 5.89. The van der Waals surface area contributed by atoms with Gasteiger partial charge in [0.25, 0.3) is 0 Å². The highest BCUT2D eigenvalue weighted by Crippen LogP contribution is 1.98. The molecule has 0 saturated carbocycles. The van der Waals surface area contributed by atoms with Gasteiger partial charge in [-0.1, -0.05) is 13.0 Å². The van der Waals surface area contributed by atoms with Gasteiger partial charge in [0.2, 0.25) is 0 Å². The molecule has 1 aromatic heterocycles. The topological polar surface area (TPSA) is 28.2 Å². The fourth-order valence-corrected chi connectivity index (χ4v) is 0.953. The monoisotopic (exact) mass is 175 g/mol. The standard InChI is InChI=1S/C9H14BN3/c1-2-13(10)8-7-12-9-5-3-4-6-11-9/h3-6H,2,7-8H2,1H3,(H,11,12). The molecule has 1 aromatic rings. The Hall–Kier alpha value is -1.03. The minimum Gasteiger partial charge on any atom is -0.369 e. The van der Waals surface area contributed by atoms with Gasteiger partial charge >= 0.3 is 0 Å². The lowest BCUT2D eigenvalue weighted by Gasteiger charge is -2.14. The zero-order chi connectivity index (χ0) is 9.52. The number of hydrogen-bond donors (Lipinski definition) is 1. The molecule has 68 valence electrons. The second-order valence-corrected chi connectivity index (χ2v) is 2.77. The summed E-state index contributed by atoms with van der Waals surface area (Å²) >= 11 is 0. The van der Waals surface area contributed by atoms with Crippen molar-refractivity contribution in [2.45, 2.75) is 6.92 Å². The summed E-state index contributed by atoms with van der Waals surface area (Å²) in [5.41, 5.74) is 0. The van der Waals surface area contributed by atoms with E-state index in [9.17, 15) is 0 Å². The molecule has 0 aliphatic heterocycles. The van der Waals surface area contributed by atoms with E-state index >= 15 is 0 Å². The summed E-state index contributed by atoms with van der Waals surface area (Å²) in [5, 5.41) is 3.18. The molecule has 13 heavy (non-hydrogen) atoms. The van der Waals surface area contributed by atoms with Gasteiger partial charge in [0, 0.05) is 19.3 Å². The van der Waals surface area contributed by atoms with Crippen molar-refractivity contribution in [1.82, 2.24) is 9.79 Å². The highest BCUT2D eigenvalue weighted by Gasteiger charge is 1.93. The minimum absolute atomic E-state index is 0.821. The Balaban J connectivity index is 2.20. The van der Waals surface area contributed by atoms with Gasteiger partial charge in [-0.3, -0.25) is 0 Å². The average Bonchev–Trinajstić information content (AvgIpc) is 2.19. The number of aromatic nitrogens is 1. The molecule has 0 aromatic carbocycles. The van der Waals surface area contributed by atoms with E-state index in [0.29, 0.717) is 0 Å². The first kappa shape index (κ1) is 10.1. The maximum atomic E-state index is 5.61. The van der Waals surface area contributed by atoms with Gasteiger partial charge in [0.05, 0.1) is 0 Å². The molecule has 0 aliphatic rings. The molecule has 0 aliphatic carbocycles. The van der Waals surface area contributed by atoms with E-state index in [-0.39, 0.29) is 0 Å². The SMILES string of the molecule is [B]N(CC)CCNc1ccccn1. The molecule has 4 heteroatoms. The fraction of sp³-hybridized carbons (Fsp3) is 0.444. The molecular formula is C9H14BN3. The van der Waals surface area contributed by atoms with E-state index in [1.165, 1.54) is 0 Å². The predicted molar refractivity (Wildman–Crippen MR) is 55.7 cm³/mol. The Morgan fingerprint density at radius 3 is 3.00 bits per heavy atom. The maximum Gasteiger partial charge on any atom is 0.182 e. The summed E-state index contributed by atoms with van der Waals surface area (Å²) < 4.78 is 0. The first-order valence-electron chi connectivity index (χ1n) is 4.47. The van der Waals surface area contributed by atoms with Crippen LogP contribution in [0.4, 0.5) is 5.82 Å². The van der Waals surface area contributed by atoms with Crippen LogP contribution >= 0.6 is 0 Å². The summed E-state index contributed by atoms with van der Waals surface area (Å²) in [6.45, 7) is 4.54. The fourth-order valence-electron chi connectivity index (χ4n) is 0.953. The van der Waals surface area contributed by atoms with Gasteiger partial charge < -0.3 is 10.1 Å². The van der Waals surface area contributed by atoms with Crippen LogP contribution in [0.5, 0.6) is 0 Å². The van der Waals surface area contributed by atoms with Crippen molar-refractivity contribution < 1.29 is 0 Å². The zero-order valence-electron chi connectivity index (χ0n) is 7.90. The van der Waals surface area contributed by atoms with Crippen molar-refractivity contribution in [2.24, 2.45) is 0 Å². The molecule has 1 N–H and O–H groups in total. The first-order chi connectivity index (χ1) is 6.33. The smallest absolute Gasteiger partial charge is 0.182 e. The third-order valence-electron chi connectivity index (χ3n) is 1.78. The number of anilines is 1. The van der Waals surface area contributed by atoms with E-state index in [1.807, 2.05) is 25.1 Å². The molecule has 0 bridgehead atoms. The number of pyridine rings is 1. The van der Waals surface area contributed by atoms with Crippen molar-refractivity contribution in [3.8, 4) is 0 Å². The predicted octanol–water partition coefficient (Wildman–Crippen LogP) is 0.899. The minimum atomic E-state index is 0.821. The third kappa shape index (κ3) is 3.94. The van der Waals surface area contributed by atoms with Gasteiger partial charge in [0.15, 0.2) is 7.98 Å². The van der Waals surface area contributed by atoms with Gasteiger partial charge in [-0.05, 0) is 18.7 Å². The number of nitrogens with one attached hydrogen (secondary N) is 1. The summed E-state index contributed by atoms with van der Waals surface area (Å²) in [7, 11) is 5.61. The molecule has 0 spiro atoms. The van der Waals surface area contributed by atoms with Gasteiger partial charge in [-0.25, -0.2) is 4.98 Å². The molecule has 0 saturated heterocycles. The Morgan fingerprint density at radius 2 is 2.38 bits per heavy atom. The van der Waals surface area contributed by atoms with Crippen molar-refractivity contribution in [3.05, 3.63) is 24.4 Å².